The van der Waals surface area contributed by atoms with E-state index < -0.39 is 11.8 Å². The van der Waals surface area contributed by atoms with Gasteiger partial charge in [0.05, 0.1) is 12.8 Å². The van der Waals surface area contributed by atoms with Crippen LogP contribution in [0.4, 0.5) is 17.1 Å². The number of aryl methyl sites for hydroxylation is 1. The van der Waals surface area contributed by atoms with Crippen molar-refractivity contribution in [3.8, 4) is 5.75 Å². The van der Waals surface area contributed by atoms with E-state index in [0.29, 0.717) is 28.4 Å². The van der Waals surface area contributed by atoms with E-state index in [1.54, 1.807) is 48.5 Å². The molecule has 0 bridgehead atoms. The molecule has 0 fully saturated rings. The molecule has 0 unspecified atom stereocenters. The average molecular weight is 541 g/mol. The monoisotopic (exact) mass is 539 g/mol. The number of amides is 3. The van der Waals surface area contributed by atoms with Crippen LogP contribution in [-0.2, 0) is 9.59 Å². The standard InChI is InChI=1S/C25H19BrClN3O4/c1-14-3-12-20(34-2)19(13-14)30-24(32)21(27)22(25(30)33)28-17-8-4-15(5-9-17)23(31)29-18-10-6-16(26)7-11-18/h3-13,28H,1-2H3,(H,29,31). The maximum absolute atomic E-state index is 13.1. The second-order valence-electron chi connectivity index (χ2n) is 7.47. The molecule has 0 aliphatic carbocycles. The number of anilines is 3. The molecule has 1 heterocycles. The van der Waals surface area contributed by atoms with Crippen LogP contribution in [0.1, 0.15) is 15.9 Å². The summed E-state index contributed by atoms with van der Waals surface area (Å²) in [6.07, 6.45) is 0. The Morgan fingerprint density at radius 3 is 2.24 bits per heavy atom. The molecule has 3 aromatic carbocycles. The van der Waals surface area contributed by atoms with Crippen molar-refractivity contribution in [3.05, 3.63) is 93.1 Å². The fraction of sp³-hybridized carbons (Fsp3) is 0.0800. The number of carbonyl (C=O) groups excluding carboxylic acids is 3. The molecule has 2 N–H and O–H groups in total. The summed E-state index contributed by atoms with van der Waals surface area (Å²) in [5.41, 5.74) is 2.69. The van der Waals surface area contributed by atoms with Gasteiger partial charge in [0.25, 0.3) is 17.7 Å². The van der Waals surface area contributed by atoms with Crippen LogP contribution in [0.15, 0.2) is 81.9 Å². The van der Waals surface area contributed by atoms with Gasteiger partial charge >= 0.3 is 0 Å². The minimum atomic E-state index is -0.649. The molecule has 4 rings (SSSR count). The Bertz CT molecular complexity index is 1320. The summed E-state index contributed by atoms with van der Waals surface area (Å²) in [7, 11) is 1.46. The van der Waals surface area contributed by atoms with Crippen LogP contribution >= 0.6 is 27.5 Å². The molecular weight excluding hydrogens is 522 g/mol. The lowest BCUT2D eigenvalue weighted by atomic mass is 10.2. The van der Waals surface area contributed by atoms with Gasteiger partial charge in [-0.05, 0) is 73.2 Å². The van der Waals surface area contributed by atoms with Gasteiger partial charge in [0.1, 0.15) is 16.5 Å². The highest BCUT2D eigenvalue weighted by atomic mass is 79.9. The zero-order valence-corrected chi connectivity index (χ0v) is 20.5. The average Bonchev–Trinajstić information content (AvgIpc) is 3.04. The van der Waals surface area contributed by atoms with Gasteiger partial charge in [0, 0.05) is 21.4 Å². The van der Waals surface area contributed by atoms with E-state index in [-0.39, 0.29) is 16.6 Å². The van der Waals surface area contributed by atoms with E-state index in [9.17, 15) is 14.4 Å². The molecule has 172 valence electrons. The quantitative estimate of drug-likeness (QED) is 0.406. The van der Waals surface area contributed by atoms with E-state index in [4.69, 9.17) is 16.3 Å². The molecule has 0 saturated carbocycles. The lowest BCUT2D eigenvalue weighted by Crippen LogP contribution is -2.32. The van der Waals surface area contributed by atoms with E-state index in [1.165, 1.54) is 7.11 Å². The van der Waals surface area contributed by atoms with Gasteiger partial charge in [-0.2, -0.15) is 0 Å². The zero-order chi connectivity index (χ0) is 24.4. The summed E-state index contributed by atoms with van der Waals surface area (Å²) in [6.45, 7) is 1.84. The summed E-state index contributed by atoms with van der Waals surface area (Å²) >= 11 is 9.59. The van der Waals surface area contributed by atoms with Crippen molar-refractivity contribution < 1.29 is 19.1 Å². The number of nitrogens with zero attached hydrogens (tertiary/aromatic N) is 1. The topological polar surface area (TPSA) is 87.7 Å². The number of hydrogen-bond donors (Lipinski definition) is 2. The number of methoxy groups -OCH3 is 1. The lowest BCUT2D eigenvalue weighted by molar-refractivity contribution is -0.120. The lowest BCUT2D eigenvalue weighted by Gasteiger charge is -2.18. The van der Waals surface area contributed by atoms with Crippen LogP contribution in [0.5, 0.6) is 5.75 Å². The van der Waals surface area contributed by atoms with E-state index >= 15 is 0 Å². The van der Waals surface area contributed by atoms with Crippen molar-refractivity contribution in [1.82, 2.24) is 0 Å². The fourth-order valence-electron chi connectivity index (χ4n) is 3.39. The molecule has 3 aromatic rings. The number of benzene rings is 3. The summed E-state index contributed by atoms with van der Waals surface area (Å²) in [6, 6.07) is 18.9. The van der Waals surface area contributed by atoms with Crippen molar-refractivity contribution in [1.29, 1.82) is 0 Å². The highest BCUT2D eigenvalue weighted by Gasteiger charge is 2.40. The second-order valence-corrected chi connectivity index (χ2v) is 8.77. The third-order valence-corrected chi connectivity index (χ3v) is 6.00. The molecule has 3 amide bonds. The molecule has 34 heavy (non-hydrogen) atoms. The maximum Gasteiger partial charge on any atom is 0.283 e. The molecule has 0 spiro atoms. The third-order valence-electron chi connectivity index (χ3n) is 5.12. The minimum absolute atomic E-state index is 0.0534. The Labute approximate surface area is 209 Å². The van der Waals surface area contributed by atoms with Gasteiger partial charge in [-0.25, -0.2) is 4.90 Å². The van der Waals surface area contributed by atoms with Gasteiger partial charge in [0.15, 0.2) is 0 Å². The number of carbonyl (C=O) groups is 3. The number of rotatable bonds is 6. The molecule has 1 aliphatic heterocycles. The van der Waals surface area contributed by atoms with Crippen LogP contribution in [0, 0.1) is 6.92 Å². The van der Waals surface area contributed by atoms with Gasteiger partial charge in [0.2, 0.25) is 0 Å². The number of hydrogen-bond acceptors (Lipinski definition) is 5. The molecule has 1 aliphatic rings. The summed E-state index contributed by atoms with van der Waals surface area (Å²) in [5, 5.41) is 5.48. The molecule has 0 aromatic heterocycles. The highest BCUT2D eigenvalue weighted by Crippen LogP contribution is 2.36. The molecule has 0 saturated heterocycles. The number of ether oxygens (including phenoxy) is 1. The summed E-state index contributed by atoms with van der Waals surface area (Å²) in [5.74, 6) is -1.16. The third kappa shape index (κ3) is 4.69. The first-order valence-electron chi connectivity index (χ1n) is 10.2. The van der Waals surface area contributed by atoms with E-state index in [1.807, 2.05) is 25.1 Å². The number of nitrogens with one attached hydrogen (secondary N) is 2. The Morgan fingerprint density at radius 2 is 1.59 bits per heavy atom. The van der Waals surface area contributed by atoms with Crippen LogP contribution < -0.4 is 20.3 Å². The van der Waals surface area contributed by atoms with E-state index in [2.05, 4.69) is 26.6 Å². The molecule has 0 atom stereocenters. The van der Waals surface area contributed by atoms with Crippen molar-refractivity contribution in [2.24, 2.45) is 0 Å². The first-order chi connectivity index (χ1) is 16.3. The smallest absolute Gasteiger partial charge is 0.283 e. The van der Waals surface area contributed by atoms with Gasteiger partial charge in [-0.15, -0.1) is 0 Å². The van der Waals surface area contributed by atoms with Gasteiger partial charge in [-0.3, -0.25) is 14.4 Å². The van der Waals surface area contributed by atoms with Gasteiger partial charge in [-0.1, -0.05) is 33.6 Å². The maximum atomic E-state index is 13.1. The zero-order valence-electron chi connectivity index (χ0n) is 18.2. The van der Waals surface area contributed by atoms with Crippen molar-refractivity contribution >= 4 is 62.3 Å². The van der Waals surface area contributed by atoms with Crippen LogP contribution in [0.25, 0.3) is 0 Å². The predicted octanol–water partition coefficient (Wildman–Crippen LogP) is 5.45. The Morgan fingerprint density at radius 1 is 0.941 bits per heavy atom. The predicted molar refractivity (Wildman–Crippen MR) is 135 cm³/mol. The van der Waals surface area contributed by atoms with Gasteiger partial charge < -0.3 is 15.4 Å². The number of imide groups is 1. The first-order valence-corrected chi connectivity index (χ1v) is 11.3. The van der Waals surface area contributed by atoms with Crippen LogP contribution in [-0.4, -0.2) is 24.8 Å². The largest absolute Gasteiger partial charge is 0.495 e. The Balaban J connectivity index is 1.51. The van der Waals surface area contributed by atoms with E-state index in [0.717, 1.165) is 14.9 Å². The normalized spacial score (nSPS) is 13.4. The van der Waals surface area contributed by atoms with Crippen molar-refractivity contribution in [2.75, 3.05) is 22.6 Å². The van der Waals surface area contributed by atoms with Crippen molar-refractivity contribution in [2.45, 2.75) is 6.92 Å². The molecule has 9 heteroatoms. The van der Waals surface area contributed by atoms with Crippen LogP contribution in [0.2, 0.25) is 0 Å². The SMILES string of the molecule is COc1ccc(C)cc1N1C(=O)C(Cl)=C(Nc2ccc(C(=O)Nc3ccc(Br)cc3)cc2)C1=O. The highest BCUT2D eigenvalue weighted by molar-refractivity contribution is 9.10. The van der Waals surface area contributed by atoms with Crippen molar-refractivity contribution in [3.63, 3.8) is 0 Å². The summed E-state index contributed by atoms with van der Waals surface area (Å²) < 4.78 is 6.22. The Kier molecular flexibility index (Phi) is 6.72. The van der Waals surface area contributed by atoms with Crippen LogP contribution in [0.3, 0.4) is 0 Å². The molecule has 7 nitrogen and oxygen atoms in total. The minimum Gasteiger partial charge on any atom is -0.495 e. The Hall–Kier alpha value is -3.62. The fourth-order valence-corrected chi connectivity index (χ4v) is 3.87. The molecule has 0 radical (unpaired) electrons. The summed E-state index contributed by atoms with van der Waals surface area (Å²) in [4.78, 5) is 39.4. The molecular formula is C25H19BrClN3O4. The second kappa shape index (κ2) is 9.70. The first kappa shape index (κ1) is 23.5. The number of halogens is 2.